The summed E-state index contributed by atoms with van der Waals surface area (Å²) >= 11 is 0. The minimum absolute atomic E-state index is 0.126. The first-order chi connectivity index (χ1) is 12.6. The first kappa shape index (κ1) is 17.1. The van der Waals surface area contributed by atoms with Crippen LogP contribution in [0.4, 0.5) is 5.69 Å². The Morgan fingerprint density at radius 3 is 2.81 bits per heavy atom. The number of rotatable bonds is 4. The monoisotopic (exact) mass is 352 g/mol. The Balaban J connectivity index is 1.42. The van der Waals surface area contributed by atoms with E-state index in [1.807, 2.05) is 19.0 Å². The van der Waals surface area contributed by atoms with E-state index in [4.69, 9.17) is 0 Å². The van der Waals surface area contributed by atoms with Crippen LogP contribution in [0.2, 0.25) is 0 Å². The number of hydrogen-bond acceptors (Lipinski definition) is 3. The molecular weight excluding hydrogens is 324 g/mol. The van der Waals surface area contributed by atoms with Gasteiger partial charge in [-0.2, -0.15) is 5.10 Å². The summed E-state index contributed by atoms with van der Waals surface area (Å²) in [6.45, 7) is 2.89. The van der Waals surface area contributed by atoms with Gasteiger partial charge in [-0.15, -0.1) is 0 Å². The molecule has 1 atom stereocenters. The Kier molecular flexibility index (Phi) is 4.70. The van der Waals surface area contributed by atoms with Gasteiger partial charge in [0.05, 0.1) is 5.69 Å². The van der Waals surface area contributed by atoms with Crippen LogP contribution >= 0.6 is 0 Å². The van der Waals surface area contributed by atoms with E-state index in [2.05, 4.69) is 40.3 Å². The molecule has 1 saturated heterocycles. The minimum Gasteiger partial charge on any atom is -0.371 e. The topological polar surface area (TPSA) is 41.4 Å². The summed E-state index contributed by atoms with van der Waals surface area (Å²) in [4.78, 5) is 17.4. The summed E-state index contributed by atoms with van der Waals surface area (Å²) in [7, 11) is 3.85. The molecule has 1 aromatic carbocycles. The van der Waals surface area contributed by atoms with Crippen molar-refractivity contribution in [1.82, 2.24) is 14.7 Å². The van der Waals surface area contributed by atoms with Crippen LogP contribution in [0.5, 0.6) is 0 Å². The molecule has 5 heteroatoms. The van der Waals surface area contributed by atoms with Crippen molar-refractivity contribution in [3.63, 3.8) is 0 Å². The van der Waals surface area contributed by atoms with E-state index in [0.29, 0.717) is 5.92 Å². The van der Waals surface area contributed by atoms with Crippen LogP contribution in [-0.2, 0) is 19.9 Å². The van der Waals surface area contributed by atoms with Gasteiger partial charge in [0, 0.05) is 45.0 Å². The standard InChI is InChI=1S/C21H28N4O/c1-23(14-16-12-13-25(15-16)17-8-4-3-5-9-17)21(26)20-18-10-6-7-11-19(18)22-24(20)2/h3-5,8-9,16H,6-7,10-15H2,1-2H3/t16-/m0/s1. The Hall–Kier alpha value is -2.30. The van der Waals surface area contributed by atoms with Crippen molar-refractivity contribution in [1.29, 1.82) is 0 Å². The van der Waals surface area contributed by atoms with Gasteiger partial charge in [0.25, 0.3) is 5.91 Å². The number of aryl methyl sites for hydroxylation is 2. The average Bonchev–Trinajstić information content (AvgIpc) is 3.25. The molecule has 2 aliphatic rings. The van der Waals surface area contributed by atoms with Gasteiger partial charge in [-0.1, -0.05) is 18.2 Å². The van der Waals surface area contributed by atoms with Gasteiger partial charge in [-0.25, -0.2) is 0 Å². The van der Waals surface area contributed by atoms with Crippen molar-refractivity contribution in [2.24, 2.45) is 13.0 Å². The maximum Gasteiger partial charge on any atom is 0.272 e. The SMILES string of the molecule is CN(C[C@@H]1CCN(c2ccccc2)C1)C(=O)c1c2c(nn1C)CCCC2. The number of anilines is 1. The maximum absolute atomic E-state index is 13.1. The van der Waals surface area contributed by atoms with Crippen molar-refractivity contribution in [3.05, 3.63) is 47.3 Å². The van der Waals surface area contributed by atoms with Gasteiger partial charge in [-0.05, 0) is 50.2 Å². The molecule has 1 amide bonds. The van der Waals surface area contributed by atoms with Gasteiger partial charge in [0.1, 0.15) is 5.69 Å². The number of benzene rings is 1. The molecule has 2 aromatic rings. The fraction of sp³-hybridized carbons (Fsp3) is 0.524. The third-order valence-corrected chi connectivity index (χ3v) is 5.81. The van der Waals surface area contributed by atoms with Crippen molar-refractivity contribution in [2.75, 3.05) is 31.6 Å². The fourth-order valence-corrected chi connectivity index (χ4v) is 4.45. The van der Waals surface area contributed by atoms with Crippen molar-refractivity contribution in [3.8, 4) is 0 Å². The predicted octanol–water partition coefficient (Wildman–Crippen LogP) is 2.90. The molecule has 1 fully saturated rings. The smallest absolute Gasteiger partial charge is 0.272 e. The van der Waals surface area contributed by atoms with Crippen LogP contribution in [0.3, 0.4) is 0 Å². The lowest BCUT2D eigenvalue weighted by molar-refractivity contribution is 0.0764. The van der Waals surface area contributed by atoms with Crippen molar-refractivity contribution >= 4 is 11.6 Å². The number of carbonyl (C=O) groups is 1. The van der Waals surface area contributed by atoms with E-state index in [1.54, 1.807) is 4.68 Å². The van der Waals surface area contributed by atoms with Gasteiger partial charge in [0.2, 0.25) is 0 Å². The molecule has 138 valence electrons. The summed E-state index contributed by atoms with van der Waals surface area (Å²) in [5.74, 6) is 0.648. The van der Waals surface area contributed by atoms with Gasteiger partial charge in [-0.3, -0.25) is 9.48 Å². The average molecular weight is 352 g/mol. The van der Waals surface area contributed by atoms with Gasteiger partial charge < -0.3 is 9.80 Å². The highest BCUT2D eigenvalue weighted by atomic mass is 16.2. The van der Waals surface area contributed by atoms with Crippen molar-refractivity contribution in [2.45, 2.75) is 32.1 Å². The first-order valence-corrected chi connectivity index (χ1v) is 9.73. The van der Waals surface area contributed by atoms with E-state index >= 15 is 0 Å². The molecule has 0 bridgehead atoms. The largest absolute Gasteiger partial charge is 0.371 e. The molecule has 0 radical (unpaired) electrons. The number of aromatic nitrogens is 2. The molecule has 0 unspecified atom stereocenters. The fourth-order valence-electron chi connectivity index (χ4n) is 4.45. The van der Waals surface area contributed by atoms with Crippen LogP contribution in [0.1, 0.15) is 41.0 Å². The number of carbonyl (C=O) groups excluding carboxylic acids is 1. The molecule has 0 spiro atoms. The van der Waals surface area contributed by atoms with Crippen LogP contribution in [0, 0.1) is 5.92 Å². The Morgan fingerprint density at radius 1 is 1.23 bits per heavy atom. The second-order valence-electron chi connectivity index (χ2n) is 7.73. The van der Waals surface area contributed by atoms with E-state index < -0.39 is 0 Å². The molecule has 1 aromatic heterocycles. The number of hydrogen-bond donors (Lipinski definition) is 0. The normalized spacial score (nSPS) is 19.5. The number of para-hydroxylation sites is 1. The molecule has 26 heavy (non-hydrogen) atoms. The van der Waals surface area contributed by atoms with Crippen LogP contribution in [0.25, 0.3) is 0 Å². The van der Waals surface area contributed by atoms with E-state index in [-0.39, 0.29) is 5.91 Å². The van der Waals surface area contributed by atoms with E-state index in [0.717, 1.165) is 56.7 Å². The first-order valence-electron chi connectivity index (χ1n) is 9.73. The summed E-state index contributed by atoms with van der Waals surface area (Å²) in [6, 6.07) is 10.6. The third kappa shape index (κ3) is 3.22. The highest BCUT2D eigenvalue weighted by molar-refractivity contribution is 5.94. The Bertz CT molecular complexity index is 783. The maximum atomic E-state index is 13.1. The zero-order chi connectivity index (χ0) is 18.1. The summed E-state index contributed by atoms with van der Waals surface area (Å²) in [6.07, 6.45) is 5.48. The molecule has 5 nitrogen and oxygen atoms in total. The molecule has 1 aliphatic heterocycles. The lowest BCUT2D eigenvalue weighted by Gasteiger charge is -2.23. The molecule has 1 aliphatic carbocycles. The lowest BCUT2D eigenvalue weighted by Crippen LogP contribution is -2.34. The molecular formula is C21H28N4O. The summed E-state index contributed by atoms with van der Waals surface area (Å²) in [5, 5.41) is 4.60. The second kappa shape index (κ2) is 7.14. The zero-order valence-electron chi connectivity index (χ0n) is 15.8. The highest BCUT2D eigenvalue weighted by Crippen LogP contribution is 2.26. The quantitative estimate of drug-likeness (QED) is 0.850. The molecule has 2 heterocycles. The van der Waals surface area contributed by atoms with E-state index in [1.165, 1.54) is 17.7 Å². The number of fused-ring (bicyclic) bond motifs is 1. The predicted molar refractivity (Wildman–Crippen MR) is 104 cm³/mol. The third-order valence-electron chi connectivity index (χ3n) is 5.81. The number of nitrogens with zero attached hydrogens (tertiary/aromatic N) is 4. The summed E-state index contributed by atoms with van der Waals surface area (Å²) in [5.41, 5.74) is 4.41. The van der Waals surface area contributed by atoms with Crippen molar-refractivity contribution < 1.29 is 4.79 Å². The van der Waals surface area contributed by atoms with Gasteiger partial charge >= 0.3 is 0 Å². The lowest BCUT2D eigenvalue weighted by atomic mass is 9.95. The van der Waals surface area contributed by atoms with Crippen LogP contribution in [0.15, 0.2) is 30.3 Å². The Labute approximate surface area is 155 Å². The Morgan fingerprint density at radius 2 is 2.00 bits per heavy atom. The molecule has 0 saturated carbocycles. The molecule has 4 rings (SSSR count). The van der Waals surface area contributed by atoms with Gasteiger partial charge in [0.15, 0.2) is 0 Å². The summed E-state index contributed by atoms with van der Waals surface area (Å²) < 4.78 is 1.81. The minimum atomic E-state index is 0.126. The van der Waals surface area contributed by atoms with E-state index in [9.17, 15) is 4.79 Å². The highest BCUT2D eigenvalue weighted by Gasteiger charge is 2.29. The zero-order valence-corrected chi connectivity index (χ0v) is 15.8. The van der Waals surface area contributed by atoms with Crippen LogP contribution in [-0.4, -0.2) is 47.3 Å². The number of amides is 1. The van der Waals surface area contributed by atoms with Crippen LogP contribution < -0.4 is 4.90 Å². The molecule has 0 N–H and O–H groups in total. The second-order valence-corrected chi connectivity index (χ2v) is 7.73.